The summed E-state index contributed by atoms with van der Waals surface area (Å²) in [5, 5.41) is 3.31. The van der Waals surface area contributed by atoms with Gasteiger partial charge < -0.3 is 14.5 Å². The molecule has 37 heavy (non-hydrogen) atoms. The van der Waals surface area contributed by atoms with Crippen molar-refractivity contribution >= 4 is 44.1 Å². The maximum Gasteiger partial charge on any atom is 0.414 e. The number of carbonyl (C=O) groups excluding carboxylic acids is 1. The van der Waals surface area contributed by atoms with Crippen LogP contribution in [-0.4, -0.2) is 30.3 Å². The summed E-state index contributed by atoms with van der Waals surface area (Å²) in [6.45, 7) is 11.7. The maximum absolute atomic E-state index is 15.7. The third-order valence-electron chi connectivity index (χ3n) is 6.18. The highest BCUT2D eigenvalue weighted by Gasteiger charge is 2.26. The summed E-state index contributed by atoms with van der Waals surface area (Å²) in [7, 11) is 1.57. The monoisotopic (exact) mass is 524 g/mol. The van der Waals surface area contributed by atoms with E-state index < -0.39 is 17.5 Å². The SMILES string of the molecule is COc1csc2c(=O)[nH]c3c(C)ccc(-c4ccc(N(CCC(C)C)C(=O)OC(C)(C)C)c(F)c4)c3c12. The molecule has 0 atom stereocenters. The van der Waals surface area contributed by atoms with Crippen LogP contribution in [0.2, 0.25) is 0 Å². The van der Waals surface area contributed by atoms with Crippen molar-refractivity contribution in [3.8, 4) is 16.9 Å². The number of methoxy groups -OCH3 is 1. The average Bonchev–Trinajstić information content (AvgIpc) is 3.24. The molecule has 0 bridgehead atoms. The van der Waals surface area contributed by atoms with Crippen LogP contribution in [0.4, 0.5) is 14.9 Å². The van der Waals surface area contributed by atoms with Crippen molar-refractivity contribution in [2.45, 2.75) is 53.6 Å². The molecule has 0 fully saturated rings. The summed E-state index contributed by atoms with van der Waals surface area (Å²) in [6.07, 6.45) is 0.120. The quantitative estimate of drug-likeness (QED) is 0.281. The molecule has 2 aromatic carbocycles. The molecule has 0 spiro atoms. The summed E-state index contributed by atoms with van der Waals surface area (Å²) in [4.78, 5) is 30.1. The number of halogens is 1. The van der Waals surface area contributed by atoms with E-state index in [4.69, 9.17) is 9.47 Å². The zero-order chi connectivity index (χ0) is 27.1. The molecule has 2 aromatic heterocycles. The standard InChI is InChI=1S/C29H33FN2O4S/c1-16(2)12-13-32(28(34)36-29(4,5)6)21-11-9-18(14-20(21)30)19-10-8-17(3)25-23(19)24-22(35-7)15-37-26(24)27(33)31-25/h8-11,14-16H,12-13H2,1-7H3,(H,31,33). The van der Waals surface area contributed by atoms with Crippen LogP contribution in [0.1, 0.15) is 46.6 Å². The number of ether oxygens (including phenoxy) is 2. The summed E-state index contributed by atoms with van der Waals surface area (Å²) in [5.74, 6) is 0.403. The summed E-state index contributed by atoms with van der Waals surface area (Å²) < 4.78 is 27.4. The molecule has 4 rings (SSSR count). The Labute approximate surface area is 220 Å². The number of amides is 1. The number of hydrogen-bond acceptors (Lipinski definition) is 5. The van der Waals surface area contributed by atoms with Crippen molar-refractivity contribution < 1.29 is 18.7 Å². The van der Waals surface area contributed by atoms with Gasteiger partial charge in [0.1, 0.15) is 21.9 Å². The van der Waals surface area contributed by atoms with Gasteiger partial charge in [-0.3, -0.25) is 9.69 Å². The second-order valence-electron chi connectivity index (χ2n) is 10.6. The molecule has 4 aromatic rings. The lowest BCUT2D eigenvalue weighted by atomic mass is 9.95. The number of rotatable bonds is 6. The Balaban J connectivity index is 1.87. The minimum Gasteiger partial charge on any atom is -0.495 e. The molecule has 0 saturated carbocycles. The van der Waals surface area contributed by atoms with Gasteiger partial charge in [-0.15, -0.1) is 11.3 Å². The van der Waals surface area contributed by atoms with Crippen LogP contribution in [0, 0.1) is 18.7 Å². The molecule has 0 aliphatic carbocycles. The predicted molar refractivity (Wildman–Crippen MR) is 150 cm³/mol. The second-order valence-corrected chi connectivity index (χ2v) is 11.5. The van der Waals surface area contributed by atoms with E-state index in [2.05, 4.69) is 18.8 Å². The van der Waals surface area contributed by atoms with E-state index in [9.17, 15) is 9.59 Å². The van der Waals surface area contributed by atoms with Gasteiger partial charge >= 0.3 is 6.09 Å². The lowest BCUT2D eigenvalue weighted by Crippen LogP contribution is -2.38. The lowest BCUT2D eigenvalue weighted by molar-refractivity contribution is 0.0577. The Morgan fingerprint density at radius 3 is 2.51 bits per heavy atom. The smallest absolute Gasteiger partial charge is 0.414 e. The number of hydrogen-bond donors (Lipinski definition) is 1. The van der Waals surface area contributed by atoms with Crippen LogP contribution in [0.25, 0.3) is 32.1 Å². The average molecular weight is 525 g/mol. The number of H-pyrrole nitrogens is 1. The Morgan fingerprint density at radius 1 is 1.16 bits per heavy atom. The van der Waals surface area contributed by atoms with Crippen LogP contribution < -0.4 is 15.2 Å². The number of carbonyl (C=O) groups is 1. The van der Waals surface area contributed by atoms with Gasteiger partial charge in [-0.05, 0) is 68.9 Å². The number of nitrogens with one attached hydrogen (secondary N) is 1. The van der Waals surface area contributed by atoms with Gasteiger partial charge in [-0.2, -0.15) is 0 Å². The third kappa shape index (κ3) is 5.34. The fourth-order valence-corrected chi connectivity index (χ4v) is 5.26. The molecule has 0 aliphatic rings. The number of anilines is 1. The number of thiophene rings is 1. The van der Waals surface area contributed by atoms with Crippen molar-refractivity contribution in [1.82, 2.24) is 4.98 Å². The van der Waals surface area contributed by atoms with Crippen molar-refractivity contribution in [2.75, 3.05) is 18.6 Å². The highest BCUT2D eigenvalue weighted by atomic mass is 32.1. The zero-order valence-corrected chi connectivity index (χ0v) is 23.1. The Hall–Kier alpha value is -3.39. The van der Waals surface area contributed by atoms with Gasteiger partial charge in [0.05, 0.1) is 23.7 Å². The van der Waals surface area contributed by atoms with E-state index in [1.54, 1.807) is 40.0 Å². The molecule has 2 heterocycles. The molecule has 196 valence electrons. The first-order valence-corrected chi connectivity index (χ1v) is 13.2. The molecule has 6 nitrogen and oxygen atoms in total. The molecule has 1 N–H and O–H groups in total. The maximum atomic E-state index is 15.7. The highest BCUT2D eigenvalue weighted by molar-refractivity contribution is 7.17. The van der Waals surface area contributed by atoms with Crippen molar-refractivity contribution in [1.29, 1.82) is 0 Å². The lowest BCUT2D eigenvalue weighted by Gasteiger charge is -2.28. The minimum atomic E-state index is -0.702. The first-order chi connectivity index (χ1) is 17.4. The first kappa shape index (κ1) is 26.7. The molecule has 0 saturated heterocycles. The molecule has 0 radical (unpaired) electrons. The Kier molecular flexibility index (Phi) is 7.33. The predicted octanol–water partition coefficient (Wildman–Crippen LogP) is 7.65. The van der Waals surface area contributed by atoms with Gasteiger partial charge in [-0.1, -0.05) is 32.0 Å². The molecular formula is C29H33FN2O4S. The summed E-state index contributed by atoms with van der Waals surface area (Å²) >= 11 is 1.31. The van der Waals surface area contributed by atoms with Crippen molar-refractivity contribution in [3.05, 3.63) is 57.4 Å². The second kappa shape index (κ2) is 10.2. The Morgan fingerprint density at radius 2 is 1.89 bits per heavy atom. The fourth-order valence-electron chi connectivity index (χ4n) is 4.34. The number of aromatic nitrogens is 1. The number of benzene rings is 2. The van der Waals surface area contributed by atoms with Crippen LogP contribution >= 0.6 is 11.3 Å². The third-order valence-corrected chi connectivity index (χ3v) is 7.14. The van der Waals surface area contributed by atoms with Gasteiger partial charge in [0, 0.05) is 17.3 Å². The van der Waals surface area contributed by atoms with Gasteiger partial charge in [0.15, 0.2) is 0 Å². The molecule has 0 unspecified atom stereocenters. The number of nitrogens with zero attached hydrogens (tertiary/aromatic N) is 1. The zero-order valence-electron chi connectivity index (χ0n) is 22.3. The fraction of sp³-hybridized carbons (Fsp3) is 0.379. The largest absolute Gasteiger partial charge is 0.495 e. The Bertz CT molecular complexity index is 1530. The van der Waals surface area contributed by atoms with Crippen LogP contribution in [0.5, 0.6) is 5.75 Å². The van der Waals surface area contributed by atoms with E-state index in [0.29, 0.717) is 45.8 Å². The van der Waals surface area contributed by atoms with Crippen LogP contribution in [0.15, 0.2) is 40.5 Å². The van der Waals surface area contributed by atoms with Crippen molar-refractivity contribution in [3.63, 3.8) is 0 Å². The van der Waals surface area contributed by atoms with Gasteiger partial charge in [0.25, 0.3) is 5.56 Å². The van der Waals surface area contributed by atoms with Gasteiger partial charge in [0.2, 0.25) is 0 Å². The first-order valence-electron chi connectivity index (χ1n) is 12.3. The molecule has 0 aliphatic heterocycles. The minimum absolute atomic E-state index is 0.168. The number of fused-ring (bicyclic) bond motifs is 3. The van der Waals surface area contributed by atoms with Crippen LogP contribution in [-0.2, 0) is 4.74 Å². The van der Waals surface area contributed by atoms with E-state index in [1.807, 2.05) is 24.4 Å². The number of aryl methyl sites for hydroxylation is 1. The summed E-state index contributed by atoms with van der Waals surface area (Å²) in [6, 6.07) is 8.67. The topological polar surface area (TPSA) is 71.6 Å². The van der Waals surface area contributed by atoms with E-state index in [0.717, 1.165) is 16.5 Å². The normalized spacial score (nSPS) is 11.9. The van der Waals surface area contributed by atoms with Gasteiger partial charge in [-0.25, -0.2) is 9.18 Å². The molecule has 8 heteroatoms. The highest BCUT2D eigenvalue weighted by Crippen LogP contribution is 2.41. The number of pyridine rings is 1. The summed E-state index contributed by atoms with van der Waals surface area (Å²) in [5.41, 5.74) is 2.25. The number of aromatic amines is 1. The van der Waals surface area contributed by atoms with Crippen LogP contribution in [0.3, 0.4) is 0 Å². The van der Waals surface area contributed by atoms with E-state index in [-0.39, 0.29) is 11.2 Å². The molecule has 1 amide bonds. The van der Waals surface area contributed by atoms with E-state index >= 15 is 4.39 Å². The molecular weight excluding hydrogens is 491 g/mol. The van der Waals surface area contributed by atoms with Crippen molar-refractivity contribution in [2.24, 2.45) is 5.92 Å². The van der Waals surface area contributed by atoms with E-state index in [1.165, 1.54) is 22.3 Å².